The third kappa shape index (κ3) is 4.55. The molecule has 1 amide bonds. The van der Waals surface area contributed by atoms with Gasteiger partial charge in [-0.15, -0.1) is 10.2 Å². The number of hydrogen-bond acceptors (Lipinski definition) is 6. The molecular weight excluding hydrogens is 364 g/mol. The Kier molecular flexibility index (Phi) is 6.26. The highest BCUT2D eigenvalue weighted by Crippen LogP contribution is 2.38. The van der Waals surface area contributed by atoms with Crippen LogP contribution < -0.4 is 9.47 Å². The second-order valence-corrected chi connectivity index (χ2v) is 7.46. The van der Waals surface area contributed by atoms with E-state index >= 15 is 0 Å². The van der Waals surface area contributed by atoms with Gasteiger partial charge >= 0.3 is 0 Å². The molecule has 1 saturated carbocycles. The Hall–Kier alpha value is -2.22. The summed E-state index contributed by atoms with van der Waals surface area (Å²) in [6, 6.07) is 6.24. The summed E-state index contributed by atoms with van der Waals surface area (Å²) < 4.78 is 12.8. The Morgan fingerprint density at radius 2 is 2.00 bits per heavy atom. The maximum atomic E-state index is 12.7. The van der Waals surface area contributed by atoms with Crippen LogP contribution in [-0.4, -0.2) is 52.1 Å². The van der Waals surface area contributed by atoms with E-state index in [0.29, 0.717) is 36.4 Å². The van der Waals surface area contributed by atoms with Crippen molar-refractivity contribution in [3.05, 3.63) is 29.6 Å². The van der Waals surface area contributed by atoms with E-state index in [1.54, 1.807) is 14.2 Å². The molecule has 1 fully saturated rings. The van der Waals surface area contributed by atoms with Gasteiger partial charge in [0.15, 0.2) is 16.7 Å². The van der Waals surface area contributed by atoms with E-state index in [-0.39, 0.29) is 5.91 Å². The van der Waals surface area contributed by atoms with Crippen molar-refractivity contribution >= 4 is 17.7 Å². The lowest BCUT2D eigenvalue weighted by Crippen LogP contribution is -2.31. The van der Waals surface area contributed by atoms with Gasteiger partial charge in [0, 0.05) is 19.1 Å². The van der Waals surface area contributed by atoms with E-state index in [4.69, 9.17) is 9.47 Å². The van der Waals surface area contributed by atoms with Crippen LogP contribution in [0.5, 0.6) is 11.5 Å². The number of benzene rings is 1. The Balaban J connectivity index is 1.63. The van der Waals surface area contributed by atoms with Crippen molar-refractivity contribution in [3.63, 3.8) is 0 Å². The number of thioether (sulfide) groups is 1. The highest BCUT2D eigenvalue weighted by molar-refractivity contribution is 7.99. The first-order valence-corrected chi connectivity index (χ1v) is 10.1. The second kappa shape index (κ2) is 8.65. The van der Waals surface area contributed by atoms with Crippen molar-refractivity contribution < 1.29 is 14.3 Å². The van der Waals surface area contributed by atoms with Gasteiger partial charge in [0.2, 0.25) is 5.91 Å². The zero-order chi connectivity index (χ0) is 19.4. The van der Waals surface area contributed by atoms with Gasteiger partial charge in [-0.25, -0.2) is 0 Å². The minimum absolute atomic E-state index is 0.0836. The lowest BCUT2D eigenvalue weighted by Gasteiger charge is -2.21. The molecule has 0 aliphatic heterocycles. The number of aromatic nitrogens is 3. The lowest BCUT2D eigenvalue weighted by atomic mass is 10.2. The molecule has 2 aromatic rings. The van der Waals surface area contributed by atoms with Gasteiger partial charge in [0.25, 0.3) is 0 Å². The Morgan fingerprint density at radius 1 is 1.26 bits per heavy atom. The largest absolute Gasteiger partial charge is 0.493 e. The summed E-state index contributed by atoms with van der Waals surface area (Å²) in [7, 11) is 3.22. The van der Waals surface area contributed by atoms with Gasteiger partial charge in [0.05, 0.1) is 20.0 Å². The number of carbonyl (C=O) groups is 1. The fourth-order valence-electron chi connectivity index (χ4n) is 2.99. The smallest absolute Gasteiger partial charge is 0.233 e. The number of carbonyl (C=O) groups excluding carboxylic acids is 1. The highest BCUT2D eigenvalue weighted by atomic mass is 32.2. The first kappa shape index (κ1) is 19.5. The molecule has 146 valence electrons. The molecule has 27 heavy (non-hydrogen) atoms. The third-order valence-corrected chi connectivity index (χ3v) is 5.56. The van der Waals surface area contributed by atoms with Crippen LogP contribution in [-0.2, 0) is 11.3 Å². The van der Waals surface area contributed by atoms with Crippen molar-refractivity contribution in [1.29, 1.82) is 0 Å². The summed E-state index contributed by atoms with van der Waals surface area (Å²) in [5, 5.41) is 9.24. The van der Waals surface area contributed by atoms with E-state index in [9.17, 15) is 4.79 Å². The van der Waals surface area contributed by atoms with Crippen LogP contribution in [0.15, 0.2) is 23.4 Å². The molecule has 1 heterocycles. The van der Waals surface area contributed by atoms with Crippen LogP contribution in [0, 0.1) is 6.92 Å². The summed E-state index contributed by atoms with van der Waals surface area (Å²) in [5.74, 6) is 2.71. The number of amides is 1. The first-order chi connectivity index (χ1) is 13.1. The highest BCUT2D eigenvalue weighted by Gasteiger charge is 2.28. The van der Waals surface area contributed by atoms with Crippen LogP contribution in [0.2, 0.25) is 0 Å². The molecule has 1 aromatic carbocycles. The van der Waals surface area contributed by atoms with Gasteiger partial charge in [-0.05, 0) is 44.4 Å². The van der Waals surface area contributed by atoms with Crippen molar-refractivity contribution in [2.45, 2.75) is 44.4 Å². The lowest BCUT2D eigenvalue weighted by molar-refractivity contribution is -0.128. The molecule has 0 bridgehead atoms. The summed E-state index contributed by atoms with van der Waals surface area (Å²) in [5.41, 5.74) is 1.00. The van der Waals surface area contributed by atoms with Crippen LogP contribution in [0.4, 0.5) is 0 Å². The topological polar surface area (TPSA) is 69.5 Å². The zero-order valence-corrected chi connectivity index (χ0v) is 17.1. The molecule has 0 spiro atoms. The molecule has 8 heteroatoms. The van der Waals surface area contributed by atoms with Crippen molar-refractivity contribution in [3.8, 4) is 11.5 Å². The molecule has 0 N–H and O–H groups in total. The van der Waals surface area contributed by atoms with Gasteiger partial charge in [-0.3, -0.25) is 4.79 Å². The van der Waals surface area contributed by atoms with Crippen LogP contribution >= 0.6 is 11.8 Å². The molecule has 1 aliphatic carbocycles. The molecule has 0 saturated heterocycles. The minimum Gasteiger partial charge on any atom is -0.493 e. The molecule has 3 rings (SSSR count). The fourth-order valence-corrected chi connectivity index (χ4v) is 3.95. The maximum absolute atomic E-state index is 12.7. The summed E-state index contributed by atoms with van der Waals surface area (Å²) in [6.45, 7) is 5.12. The number of hydrogen-bond donors (Lipinski definition) is 0. The second-order valence-electron chi connectivity index (χ2n) is 6.52. The van der Waals surface area contributed by atoms with Gasteiger partial charge in [-0.1, -0.05) is 17.8 Å². The first-order valence-electron chi connectivity index (χ1n) is 9.10. The Labute approximate surface area is 164 Å². The van der Waals surface area contributed by atoms with E-state index in [1.165, 1.54) is 24.6 Å². The van der Waals surface area contributed by atoms with Crippen molar-refractivity contribution in [1.82, 2.24) is 19.7 Å². The van der Waals surface area contributed by atoms with E-state index in [2.05, 4.69) is 14.8 Å². The van der Waals surface area contributed by atoms with E-state index < -0.39 is 0 Å². The number of nitrogens with zero attached hydrogens (tertiary/aromatic N) is 4. The van der Waals surface area contributed by atoms with Crippen LogP contribution in [0.3, 0.4) is 0 Å². The van der Waals surface area contributed by atoms with Crippen molar-refractivity contribution in [2.75, 3.05) is 26.5 Å². The number of rotatable bonds is 9. The van der Waals surface area contributed by atoms with Crippen molar-refractivity contribution in [2.24, 2.45) is 0 Å². The van der Waals surface area contributed by atoms with E-state index in [1.807, 2.05) is 36.9 Å². The average molecular weight is 391 g/mol. The molecule has 0 unspecified atom stereocenters. The monoisotopic (exact) mass is 390 g/mol. The Morgan fingerprint density at radius 3 is 2.63 bits per heavy atom. The minimum atomic E-state index is 0.0836. The number of aryl methyl sites for hydroxylation is 1. The number of ether oxygens (including phenoxy) is 2. The molecule has 0 atom stereocenters. The van der Waals surface area contributed by atoms with Crippen LogP contribution in [0.25, 0.3) is 0 Å². The summed E-state index contributed by atoms with van der Waals surface area (Å²) >= 11 is 1.47. The Bertz CT molecular complexity index is 804. The quantitative estimate of drug-likeness (QED) is 0.613. The summed E-state index contributed by atoms with van der Waals surface area (Å²) in [4.78, 5) is 14.6. The summed E-state index contributed by atoms with van der Waals surface area (Å²) in [6.07, 6.45) is 2.33. The molecule has 1 aromatic heterocycles. The third-order valence-electron chi connectivity index (χ3n) is 4.63. The molecule has 7 nitrogen and oxygen atoms in total. The normalized spacial score (nSPS) is 13.5. The fraction of sp³-hybridized carbons (Fsp3) is 0.526. The number of methoxy groups -OCH3 is 2. The SMILES string of the molecule is CCN(Cc1ccc(OC)c(OC)c1)C(=O)CSc1nnc(C)n1C1CC1. The maximum Gasteiger partial charge on any atom is 0.233 e. The molecule has 1 aliphatic rings. The van der Waals surface area contributed by atoms with E-state index in [0.717, 1.165) is 16.5 Å². The molecular formula is C19H26N4O3S. The average Bonchev–Trinajstić information content (AvgIpc) is 3.46. The standard InChI is InChI=1S/C19H26N4O3S/c1-5-22(11-14-6-9-16(25-3)17(10-14)26-4)18(24)12-27-19-21-20-13(2)23(19)15-7-8-15/h6,9-10,15H,5,7-8,11-12H2,1-4H3. The van der Waals surface area contributed by atoms with Crippen LogP contribution in [0.1, 0.15) is 37.2 Å². The van der Waals surface area contributed by atoms with Gasteiger partial charge in [-0.2, -0.15) is 0 Å². The predicted octanol–water partition coefficient (Wildman–Crippen LogP) is 3.08. The van der Waals surface area contributed by atoms with Gasteiger partial charge in [0.1, 0.15) is 5.82 Å². The predicted molar refractivity (Wildman–Crippen MR) is 104 cm³/mol. The molecule has 0 radical (unpaired) electrons. The zero-order valence-electron chi connectivity index (χ0n) is 16.3. The van der Waals surface area contributed by atoms with Gasteiger partial charge < -0.3 is 18.9 Å².